The summed E-state index contributed by atoms with van der Waals surface area (Å²) in [7, 11) is 0. The average Bonchev–Trinajstić information content (AvgIpc) is 2.81. The molecule has 0 saturated heterocycles. The number of benzene rings is 1. The number of aliphatic hydroxyl groups is 1. The smallest absolute Gasteiger partial charge is 0.224 e. The van der Waals surface area contributed by atoms with Crippen LogP contribution < -0.4 is 5.32 Å². The van der Waals surface area contributed by atoms with Crippen LogP contribution in [0, 0.1) is 25.6 Å². The van der Waals surface area contributed by atoms with E-state index in [1.165, 1.54) is 12.1 Å². The molecule has 1 heterocycles. The first-order valence-electron chi connectivity index (χ1n) is 7.61. The highest BCUT2D eigenvalue weighted by Crippen LogP contribution is 2.18. The SMILES string of the molecule is Cc1nn(-c2ccc(F)cc2)c(C)c1CC(=O)NCC(C)CO. The zero-order valence-electron chi connectivity index (χ0n) is 13.6. The van der Waals surface area contributed by atoms with Gasteiger partial charge in [0.15, 0.2) is 0 Å². The number of hydrogen-bond acceptors (Lipinski definition) is 3. The number of carbonyl (C=O) groups is 1. The van der Waals surface area contributed by atoms with Crippen molar-refractivity contribution in [1.82, 2.24) is 15.1 Å². The lowest BCUT2D eigenvalue weighted by molar-refractivity contribution is -0.120. The Morgan fingerprint density at radius 2 is 2.00 bits per heavy atom. The molecule has 1 atom stereocenters. The molecule has 124 valence electrons. The Morgan fingerprint density at radius 3 is 2.61 bits per heavy atom. The van der Waals surface area contributed by atoms with E-state index in [1.54, 1.807) is 16.8 Å². The van der Waals surface area contributed by atoms with Crippen LogP contribution in [0.15, 0.2) is 24.3 Å². The van der Waals surface area contributed by atoms with E-state index in [2.05, 4.69) is 10.4 Å². The number of rotatable bonds is 6. The molecule has 6 heteroatoms. The van der Waals surface area contributed by atoms with Gasteiger partial charge in [0.25, 0.3) is 0 Å². The van der Waals surface area contributed by atoms with Crippen molar-refractivity contribution in [3.05, 3.63) is 47.0 Å². The number of nitrogens with one attached hydrogen (secondary N) is 1. The van der Waals surface area contributed by atoms with Crippen LogP contribution in [0.2, 0.25) is 0 Å². The lowest BCUT2D eigenvalue weighted by Crippen LogP contribution is -2.31. The van der Waals surface area contributed by atoms with Crippen molar-refractivity contribution in [2.75, 3.05) is 13.2 Å². The summed E-state index contributed by atoms with van der Waals surface area (Å²) in [6, 6.07) is 6.08. The van der Waals surface area contributed by atoms with Crippen molar-refractivity contribution in [3.8, 4) is 5.69 Å². The Hall–Kier alpha value is -2.21. The number of aryl methyl sites for hydroxylation is 1. The van der Waals surface area contributed by atoms with Gasteiger partial charge in [0.05, 0.1) is 17.8 Å². The topological polar surface area (TPSA) is 67.2 Å². The van der Waals surface area contributed by atoms with Crippen LogP contribution in [-0.2, 0) is 11.2 Å². The van der Waals surface area contributed by atoms with Gasteiger partial charge in [-0.1, -0.05) is 6.92 Å². The predicted molar refractivity (Wildman–Crippen MR) is 86.0 cm³/mol. The molecule has 0 fully saturated rings. The third-order valence-corrected chi connectivity index (χ3v) is 3.81. The summed E-state index contributed by atoms with van der Waals surface area (Å²) in [5, 5.41) is 16.2. The number of aliphatic hydroxyl groups excluding tert-OH is 1. The molecule has 0 saturated carbocycles. The molecule has 2 N–H and O–H groups in total. The van der Waals surface area contributed by atoms with Gasteiger partial charge in [0, 0.05) is 24.4 Å². The van der Waals surface area contributed by atoms with Crippen molar-refractivity contribution in [2.24, 2.45) is 5.92 Å². The minimum Gasteiger partial charge on any atom is -0.396 e. The largest absolute Gasteiger partial charge is 0.396 e. The van der Waals surface area contributed by atoms with Gasteiger partial charge in [-0.25, -0.2) is 9.07 Å². The minimum atomic E-state index is -0.298. The van der Waals surface area contributed by atoms with E-state index in [1.807, 2.05) is 20.8 Å². The summed E-state index contributed by atoms with van der Waals surface area (Å²) in [5.74, 6) is -0.369. The molecule has 5 nitrogen and oxygen atoms in total. The normalized spacial score (nSPS) is 12.2. The van der Waals surface area contributed by atoms with E-state index >= 15 is 0 Å². The summed E-state index contributed by atoms with van der Waals surface area (Å²) >= 11 is 0. The maximum absolute atomic E-state index is 13.0. The van der Waals surface area contributed by atoms with E-state index < -0.39 is 0 Å². The Morgan fingerprint density at radius 1 is 1.35 bits per heavy atom. The van der Waals surface area contributed by atoms with Crippen molar-refractivity contribution in [1.29, 1.82) is 0 Å². The molecule has 2 rings (SSSR count). The third kappa shape index (κ3) is 4.16. The molecule has 2 aromatic rings. The average molecular weight is 319 g/mol. The quantitative estimate of drug-likeness (QED) is 0.855. The molecular formula is C17H22FN3O2. The van der Waals surface area contributed by atoms with Crippen LogP contribution in [0.5, 0.6) is 0 Å². The molecular weight excluding hydrogens is 297 g/mol. The van der Waals surface area contributed by atoms with Crippen molar-refractivity contribution in [3.63, 3.8) is 0 Å². The standard InChI is InChI=1S/C17H22FN3O2/c1-11(10-22)9-19-17(23)8-16-12(2)20-21(13(16)3)15-6-4-14(18)5-7-15/h4-7,11,22H,8-10H2,1-3H3,(H,19,23). The summed E-state index contributed by atoms with van der Waals surface area (Å²) in [6.07, 6.45) is 0.233. The number of aromatic nitrogens is 2. The zero-order valence-corrected chi connectivity index (χ0v) is 13.6. The molecule has 0 aliphatic heterocycles. The Balaban J connectivity index is 2.14. The number of carbonyl (C=O) groups excluding carboxylic acids is 1. The molecule has 0 aliphatic carbocycles. The summed E-state index contributed by atoms with van der Waals surface area (Å²) in [6.45, 7) is 6.10. The van der Waals surface area contributed by atoms with Gasteiger partial charge in [-0.15, -0.1) is 0 Å². The van der Waals surface area contributed by atoms with Crippen molar-refractivity contribution < 1.29 is 14.3 Å². The van der Waals surface area contributed by atoms with Gasteiger partial charge >= 0.3 is 0 Å². The summed E-state index contributed by atoms with van der Waals surface area (Å²) in [5.41, 5.74) is 3.26. The van der Waals surface area contributed by atoms with Gasteiger partial charge in [0.1, 0.15) is 5.82 Å². The maximum atomic E-state index is 13.0. The Kier molecular flexibility index (Phi) is 5.50. The Labute approximate surface area is 135 Å². The van der Waals surface area contributed by atoms with Gasteiger partial charge in [0.2, 0.25) is 5.91 Å². The van der Waals surface area contributed by atoms with Crippen LogP contribution in [0.4, 0.5) is 4.39 Å². The van der Waals surface area contributed by atoms with Gasteiger partial charge in [-0.05, 0) is 44.0 Å². The molecule has 0 bridgehead atoms. The molecule has 1 aromatic carbocycles. The fraction of sp³-hybridized carbons (Fsp3) is 0.412. The molecule has 0 spiro atoms. The molecule has 1 unspecified atom stereocenters. The van der Waals surface area contributed by atoms with Crippen LogP contribution in [0.1, 0.15) is 23.9 Å². The first-order valence-corrected chi connectivity index (χ1v) is 7.61. The fourth-order valence-corrected chi connectivity index (χ4v) is 2.34. The van der Waals surface area contributed by atoms with E-state index in [0.717, 1.165) is 22.6 Å². The highest BCUT2D eigenvalue weighted by molar-refractivity contribution is 5.79. The second-order valence-electron chi connectivity index (χ2n) is 5.81. The van der Waals surface area contributed by atoms with E-state index in [4.69, 9.17) is 5.11 Å². The monoisotopic (exact) mass is 319 g/mol. The second-order valence-corrected chi connectivity index (χ2v) is 5.81. The van der Waals surface area contributed by atoms with Crippen LogP contribution in [-0.4, -0.2) is 33.9 Å². The first kappa shape index (κ1) is 17.1. The molecule has 1 amide bonds. The van der Waals surface area contributed by atoms with Crippen LogP contribution >= 0.6 is 0 Å². The van der Waals surface area contributed by atoms with Crippen molar-refractivity contribution in [2.45, 2.75) is 27.2 Å². The fourth-order valence-electron chi connectivity index (χ4n) is 2.34. The predicted octanol–water partition coefficient (Wildman–Crippen LogP) is 1.92. The number of nitrogens with zero attached hydrogens (tertiary/aromatic N) is 2. The van der Waals surface area contributed by atoms with Crippen LogP contribution in [0.3, 0.4) is 0 Å². The minimum absolute atomic E-state index is 0.0306. The molecule has 23 heavy (non-hydrogen) atoms. The highest BCUT2D eigenvalue weighted by Gasteiger charge is 2.16. The zero-order chi connectivity index (χ0) is 17.0. The van der Waals surface area contributed by atoms with Gasteiger partial charge in [-0.2, -0.15) is 5.10 Å². The molecule has 0 radical (unpaired) electrons. The van der Waals surface area contributed by atoms with Gasteiger partial charge < -0.3 is 10.4 Å². The summed E-state index contributed by atoms with van der Waals surface area (Å²) < 4.78 is 14.8. The lowest BCUT2D eigenvalue weighted by atomic mass is 10.1. The lowest BCUT2D eigenvalue weighted by Gasteiger charge is -2.10. The summed E-state index contributed by atoms with van der Waals surface area (Å²) in [4.78, 5) is 12.0. The van der Waals surface area contributed by atoms with Crippen LogP contribution in [0.25, 0.3) is 5.69 Å². The molecule has 0 aliphatic rings. The van der Waals surface area contributed by atoms with E-state index in [9.17, 15) is 9.18 Å². The van der Waals surface area contributed by atoms with E-state index in [-0.39, 0.29) is 30.7 Å². The van der Waals surface area contributed by atoms with Gasteiger partial charge in [-0.3, -0.25) is 4.79 Å². The number of hydrogen-bond donors (Lipinski definition) is 2. The Bertz CT molecular complexity index is 680. The first-order chi connectivity index (χ1) is 10.9. The second kappa shape index (κ2) is 7.37. The van der Waals surface area contributed by atoms with Crippen molar-refractivity contribution >= 4 is 5.91 Å². The number of amides is 1. The highest BCUT2D eigenvalue weighted by atomic mass is 19.1. The molecule has 1 aromatic heterocycles. The van der Waals surface area contributed by atoms with E-state index in [0.29, 0.717) is 6.54 Å². The number of halogens is 1. The third-order valence-electron chi connectivity index (χ3n) is 3.81. The maximum Gasteiger partial charge on any atom is 0.224 e.